The summed E-state index contributed by atoms with van der Waals surface area (Å²) in [7, 11) is 0. The van der Waals surface area contributed by atoms with Crippen molar-refractivity contribution in [1.82, 2.24) is 5.32 Å². The van der Waals surface area contributed by atoms with Crippen LogP contribution in [0.4, 0.5) is 13.2 Å². The molecule has 0 aliphatic rings. The average molecular weight is 353 g/mol. The zero-order valence-electron chi connectivity index (χ0n) is 13.5. The fraction of sp³-hybridized carbons (Fsp3) is 0.562. The van der Waals surface area contributed by atoms with E-state index >= 15 is 0 Å². The Bertz CT molecular complexity index is 508. The van der Waals surface area contributed by atoms with E-state index in [-0.39, 0.29) is 24.9 Å². The lowest BCUT2D eigenvalue weighted by molar-refractivity contribution is -0.137. The van der Waals surface area contributed by atoms with Crippen LogP contribution in [0.5, 0.6) is 0 Å². The van der Waals surface area contributed by atoms with Crippen molar-refractivity contribution < 1.29 is 18.0 Å². The monoisotopic (exact) mass is 352 g/mol. The lowest BCUT2D eigenvalue weighted by Gasteiger charge is -2.30. The highest BCUT2D eigenvalue weighted by Gasteiger charge is 2.34. The second kappa shape index (κ2) is 8.55. The van der Waals surface area contributed by atoms with Crippen molar-refractivity contribution in [3.05, 3.63) is 35.4 Å². The van der Waals surface area contributed by atoms with Crippen LogP contribution in [-0.2, 0) is 11.0 Å². The molecule has 1 amide bonds. The maximum atomic E-state index is 12.7. The molecule has 1 unspecified atom stereocenters. The number of amides is 1. The van der Waals surface area contributed by atoms with E-state index in [2.05, 4.69) is 5.32 Å². The fourth-order valence-corrected chi connectivity index (χ4v) is 2.37. The van der Waals surface area contributed by atoms with E-state index in [1.54, 1.807) is 13.0 Å². The number of nitrogens with two attached hydrogens (primary N) is 1. The standard InChI is InChI=1S/C16H23F3N2O.ClH/c1-4-15(5-2,10-20)14(22)21-11(3)12-7-6-8-13(9-12)16(17,18)19;/h6-9,11H,4-5,10,20H2,1-3H3,(H,21,22);1H. The largest absolute Gasteiger partial charge is 0.416 e. The molecule has 1 atom stereocenters. The lowest BCUT2D eigenvalue weighted by atomic mass is 9.81. The molecule has 0 saturated heterocycles. The van der Waals surface area contributed by atoms with Crippen LogP contribution in [0.3, 0.4) is 0 Å². The maximum absolute atomic E-state index is 12.7. The van der Waals surface area contributed by atoms with Crippen LogP contribution in [0, 0.1) is 5.41 Å². The fourth-order valence-electron chi connectivity index (χ4n) is 2.37. The first-order valence-corrected chi connectivity index (χ1v) is 7.38. The number of rotatable bonds is 6. The van der Waals surface area contributed by atoms with Crippen molar-refractivity contribution >= 4 is 18.3 Å². The molecule has 0 spiro atoms. The van der Waals surface area contributed by atoms with Crippen LogP contribution in [-0.4, -0.2) is 12.5 Å². The quantitative estimate of drug-likeness (QED) is 0.810. The van der Waals surface area contributed by atoms with Crippen molar-refractivity contribution in [2.24, 2.45) is 11.1 Å². The Balaban J connectivity index is 0.00000484. The van der Waals surface area contributed by atoms with Crippen LogP contribution < -0.4 is 11.1 Å². The number of carbonyl (C=O) groups excluding carboxylic acids is 1. The summed E-state index contributed by atoms with van der Waals surface area (Å²) in [6.07, 6.45) is -3.23. The lowest BCUT2D eigenvalue weighted by Crippen LogP contribution is -2.46. The predicted octanol–water partition coefficient (Wildman–Crippen LogP) is 4.07. The normalized spacial score (nSPS) is 13.2. The number of alkyl halides is 3. The van der Waals surface area contributed by atoms with Gasteiger partial charge in [0.1, 0.15) is 0 Å². The van der Waals surface area contributed by atoms with Crippen molar-refractivity contribution in [2.45, 2.75) is 45.8 Å². The zero-order valence-corrected chi connectivity index (χ0v) is 14.4. The van der Waals surface area contributed by atoms with Gasteiger partial charge in [-0.05, 0) is 37.5 Å². The molecule has 0 fully saturated rings. The highest BCUT2D eigenvalue weighted by Crippen LogP contribution is 2.31. The molecule has 0 heterocycles. The van der Waals surface area contributed by atoms with Gasteiger partial charge in [-0.1, -0.05) is 26.0 Å². The van der Waals surface area contributed by atoms with E-state index in [1.807, 2.05) is 13.8 Å². The number of hydrogen-bond acceptors (Lipinski definition) is 2. The molecule has 1 aromatic rings. The predicted molar refractivity (Wildman–Crippen MR) is 87.3 cm³/mol. The molecular formula is C16H24ClF3N2O. The van der Waals surface area contributed by atoms with Crippen LogP contribution in [0.1, 0.15) is 50.8 Å². The van der Waals surface area contributed by atoms with Crippen LogP contribution >= 0.6 is 12.4 Å². The Morgan fingerprint density at radius 1 is 1.26 bits per heavy atom. The minimum atomic E-state index is -4.40. The summed E-state index contributed by atoms with van der Waals surface area (Å²) < 4.78 is 38.2. The van der Waals surface area contributed by atoms with Gasteiger partial charge in [0.05, 0.1) is 17.0 Å². The van der Waals surface area contributed by atoms with Gasteiger partial charge in [0.25, 0.3) is 0 Å². The van der Waals surface area contributed by atoms with Gasteiger partial charge in [-0.3, -0.25) is 4.79 Å². The first-order valence-electron chi connectivity index (χ1n) is 7.38. The highest BCUT2D eigenvalue weighted by molar-refractivity contribution is 5.85. The summed E-state index contributed by atoms with van der Waals surface area (Å²) in [5, 5.41) is 2.78. The van der Waals surface area contributed by atoms with Gasteiger partial charge < -0.3 is 11.1 Å². The molecule has 1 rings (SSSR count). The topological polar surface area (TPSA) is 55.1 Å². The van der Waals surface area contributed by atoms with Gasteiger partial charge in [-0.25, -0.2) is 0 Å². The van der Waals surface area contributed by atoms with Crippen LogP contribution in [0.15, 0.2) is 24.3 Å². The Morgan fingerprint density at radius 2 is 1.83 bits per heavy atom. The van der Waals surface area contributed by atoms with E-state index in [0.29, 0.717) is 18.4 Å². The zero-order chi connectivity index (χ0) is 17.0. The van der Waals surface area contributed by atoms with Crippen molar-refractivity contribution in [2.75, 3.05) is 6.54 Å². The van der Waals surface area contributed by atoms with Gasteiger partial charge in [-0.2, -0.15) is 13.2 Å². The molecule has 0 aromatic heterocycles. The first-order chi connectivity index (χ1) is 10.2. The third-order valence-electron chi connectivity index (χ3n) is 4.29. The Hall–Kier alpha value is -1.27. The molecule has 0 radical (unpaired) electrons. The number of carbonyl (C=O) groups is 1. The molecule has 0 saturated carbocycles. The smallest absolute Gasteiger partial charge is 0.349 e. The molecule has 7 heteroatoms. The third-order valence-corrected chi connectivity index (χ3v) is 4.29. The number of benzene rings is 1. The molecule has 0 aliphatic heterocycles. The van der Waals surface area contributed by atoms with E-state index < -0.39 is 23.2 Å². The van der Waals surface area contributed by atoms with Gasteiger partial charge >= 0.3 is 6.18 Å². The Morgan fingerprint density at radius 3 is 2.26 bits per heavy atom. The molecule has 0 bridgehead atoms. The highest BCUT2D eigenvalue weighted by atomic mass is 35.5. The van der Waals surface area contributed by atoms with E-state index in [4.69, 9.17) is 5.73 Å². The Kier molecular flexibility index (Phi) is 8.07. The second-order valence-electron chi connectivity index (χ2n) is 5.51. The minimum absolute atomic E-state index is 0. The second-order valence-corrected chi connectivity index (χ2v) is 5.51. The van der Waals surface area contributed by atoms with Crippen molar-refractivity contribution in [3.8, 4) is 0 Å². The molecule has 0 aliphatic carbocycles. The number of hydrogen-bond donors (Lipinski definition) is 2. The summed E-state index contributed by atoms with van der Waals surface area (Å²) in [5.41, 5.74) is 4.74. The molecular weight excluding hydrogens is 329 g/mol. The van der Waals surface area contributed by atoms with Gasteiger partial charge in [0.15, 0.2) is 0 Å². The number of halogens is 4. The molecule has 1 aromatic carbocycles. The summed E-state index contributed by atoms with van der Waals surface area (Å²) in [6.45, 7) is 5.64. The summed E-state index contributed by atoms with van der Waals surface area (Å²) >= 11 is 0. The van der Waals surface area contributed by atoms with E-state index in [1.165, 1.54) is 6.07 Å². The maximum Gasteiger partial charge on any atom is 0.416 e. The van der Waals surface area contributed by atoms with Crippen molar-refractivity contribution in [3.63, 3.8) is 0 Å². The molecule has 132 valence electrons. The van der Waals surface area contributed by atoms with Crippen molar-refractivity contribution in [1.29, 1.82) is 0 Å². The van der Waals surface area contributed by atoms with Crippen LogP contribution in [0.25, 0.3) is 0 Å². The van der Waals surface area contributed by atoms with E-state index in [0.717, 1.165) is 12.1 Å². The SMILES string of the molecule is CCC(CC)(CN)C(=O)NC(C)c1cccc(C(F)(F)F)c1.Cl. The third kappa shape index (κ3) is 5.11. The van der Waals surface area contributed by atoms with E-state index in [9.17, 15) is 18.0 Å². The molecule has 3 nitrogen and oxygen atoms in total. The Labute approximate surface area is 141 Å². The van der Waals surface area contributed by atoms with Gasteiger partial charge in [0.2, 0.25) is 5.91 Å². The summed E-state index contributed by atoms with van der Waals surface area (Å²) in [4.78, 5) is 12.4. The number of nitrogens with one attached hydrogen (secondary N) is 1. The minimum Gasteiger partial charge on any atom is -0.349 e. The first kappa shape index (κ1) is 21.7. The molecule has 23 heavy (non-hydrogen) atoms. The van der Waals surface area contributed by atoms with Gasteiger partial charge in [-0.15, -0.1) is 12.4 Å². The average Bonchev–Trinajstić information content (AvgIpc) is 2.49. The van der Waals surface area contributed by atoms with Crippen LogP contribution in [0.2, 0.25) is 0 Å². The summed E-state index contributed by atoms with van der Waals surface area (Å²) in [5.74, 6) is -0.218. The molecule has 3 N–H and O–H groups in total. The van der Waals surface area contributed by atoms with Gasteiger partial charge in [0, 0.05) is 6.54 Å². The summed E-state index contributed by atoms with van der Waals surface area (Å²) in [6, 6.07) is 4.48.